The molecule has 1 atom stereocenters. The van der Waals surface area contributed by atoms with Crippen molar-refractivity contribution in [2.45, 2.75) is 12.5 Å². The van der Waals surface area contributed by atoms with Crippen molar-refractivity contribution in [2.75, 3.05) is 5.73 Å². The Morgan fingerprint density at radius 3 is 2.48 bits per heavy atom. The number of anilines is 1. The topological polar surface area (TPSA) is 105 Å². The van der Waals surface area contributed by atoms with Crippen molar-refractivity contribution >= 4 is 17.6 Å². The van der Waals surface area contributed by atoms with Crippen LogP contribution in [0.25, 0.3) is 0 Å². The minimum absolute atomic E-state index is 0.128. The third-order valence-corrected chi connectivity index (χ3v) is 2.91. The van der Waals surface area contributed by atoms with Crippen molar-refractivity contribution in [2.24, 2.45) is 0 Å². The quantitative estimate of drug-likeness (QED) is 0.762. The van der Waals surface area contributed by atoms with Crippen LogP contribution < -0.4 is 11.1 Å². The largest absolute Gasteiger partial charge is 0.480 e. The van der Waals surface area contributed by atoms with Gasteiger partial charge >= 0.3 is 5.97 Å². The Morgan fingerprint density at radius 1 is 1.19 bits per heavy atom. The average molecular weight is 285 g/mol. The number of carbonyl (C=O) groups is 2. The number of carbonyl (C=O) groups excluding carboxylic acids is 1. The number of nitrogens with two attached hydrogens (primary N) is 1. The van der Waals surface area contributed by atoms with Gasteiger partial charge in [0.25, 0.3) is 5.91 Å². The number of rotatable bonds is 5. The fourth-order valence-corrected chi connectivity index (χ4v) is 1.82. The number of aliphatic carboxylic acids is 1. The van der Waals surface area contributed by atoms with Crippen LogP contribution >= 0.6 is 0 Å². The summed E-state index contributed by atoms with van der Waals surface area (Å²) >= 11 is 0. The summed E-state index contributed by atoms with van der Waals surface area (Å²) in [6.07, 6.45) is 1.55. The lowest BCUT2D eigenvalue weighted by Crippen LogP contribution is -2.42. The maximum atomic E-state index is 12.0. The van der Waals surface area contributed by atoms with Crippen LogP contribution in [0.2, 0.25) is 0 Å². The van der Waals surface area contributed by atoms with E-state index in [1.165, 1.54) is 18.3 Å². The normalized spacial score (nSPS) is 11.6. The number of carboxylic acids is 1. The van der Waals surface area contributed by atoms with Crippen molar-refractivity contribution < 1.29 is 14.7 Å². The summed E-state index contributed by atoms with van der Waals surface area (Å²) in [6, 6.07) is 11.1. The zero-order chi connectivity index (χ0) is 15.2. The number of benzene rings is 1. The van der Waals surface area contributed by atoms with Crippen molar-refractivity contribution in [3.05, 3.63) is 59.9 Å². The van der Waals surface area contributed by atoms with Gasteiger partial charge < -0.3 is 16.2 Å². The van der Waals surface area contributed by atoms with E-state index >= 15 is 0 Å². The molecule has 0 bridgehead atoms. The van der Waals surface area contributed by atoms with E-state index in [1.54, 1.807) is 0 Å². The minimum Gasteiger partial charge on any atom is -0.480 e. The number of pyridine rings is 1. The minimum atomic E-state index is -1.09. The zero-order valence-electron chi connectivity index (χ0n) is 11.2. The lowest BCUT2D eigenvalue weighted by atomic mass is 10.1. The van der Waals surface area contributed by atoms with E-state index in [4.69, 9.17) is 5.73 Å². The smallest absolute Gasteiger partial charge is 0.326 e. The molecular formula is C15H15N3O3. The van der Waals surface area contributed by atoms with E-state index in [1.807, 2.05) is 30.3 Å². The van der Waals surface area contributed by atoms with Gasteiger partial charge in [-0.25, -0.2) is 9.78 Å². The van der Waals surface area contributed by atoms with Gasteiger partial charge in [0.05, 0.1) is 11.9 Å². The molecule has 0 aliphatic heterocycles. The molecule has 4 N–H and O–H groups in total. The van der Waals surface area contributed by atoms with Gasteiger partial charge in [-0.15, -0.1) is 0 Å². The lowest BCUT2D eigenvalue weighted by Gasteiger charge is -2.14. The third-order valence-electron chi connectivity index (χ3n) is 2.91. The number of nitrogen functional groups attached to an aromatic ring is 1. The van der Waals surface area contributed by atoms with Gasteiger partial charge in [-0.05, 0) is 17.7 Å². The molecule has 0 unspecified atom stereocenters. The monoisotopic (exact) mass is 285 g/mol. The SMILES string of the molecule is Nc1ccc(C(=O)N[C@@H](Cc2ccccc2)C(=O)O)nc1. The Bertz CT molecular complexity index is 626. The molecule has 6 nitrogen and oxygen atoms in total. The highest BCUT2D eigenvalue weighted by Crippen LogP contribution is 2.06. The van der Waals surface area contributed by atoms with Gasteiger partial charge in [-0.2, -0.15) is 0 Å². The maximum Gasteiger partial charge on any atom is 0.326 e. The van der Waals surface area contributed by atoms with E-state index in [0.29, 0.717) is 5.69 Å². The van der Waals surface area contributed by atoms with Crippen LogP contribution in [0.1, 0.15) is 16.1 Å². The van der Waals surface area contributed by atoms with Gasteiger partial charge in [0, 0.05) is 6.42 Å². The first-order valence-electron chi connectivity index (χ1n) is 6.35. The molecule has 0 saturated carbocycles. The maximum absolute atomic E-state index is 12.0. The molecule has 2 rings (SSSR count). The number of amides is 1. The van der Waals surface area contributed by atoms with Gasteiger partial charge in [0.1, 0.15) is 11.7 Å². The second-order valence-corrected chi connectivity index (χ2v) is 4.53. The molecule has 108 valence electrons. The summed E-state index contributed by atoms with van der Waals surface area (Å²) in [6.45, 7) is 0. The lowest BCUT2D eigenvalue weighted by molar-refractivity contribution is -0.139. The predicted octanol–water partition coefficient (Wildman–Crippen LogP) is 1.09. The van der Waals surface area contributed by atoms with Crippen LogP contribution in [-0.2, 0) is 11.2 Å². The molecule has 6 heteroatoms. The Kier molecular flexibility index (Phi) is 4.50. The summed E-state index contributed by atoms with van der Waals surface area (Å²) in [5.74, 6) is -1.64. The first kappa shape index (κ1) is 14.5. The van der Waals surface area contributed by atoms with Crippen LogP contribution in [0.5, 0.6) is 0 Å². The molecule has 0 aliphatic rings. The molecule has 0 spiro atoms. The molecule has 1 heterocycles. The standard InChI is InChI=1S/C15H15N3O3/c16-11-6-7-12(17-9-11)14(19)18-13(15(20)21)8-10-4-2-1-3-5-10/h1-7,9,13H,8,16H2,(H,18,19)(H,20,21)/t13-/m0/s1. The van der Waals surface area contributed by atoms with E-state index in [2.05, 4.69) is 10.3 Å². The van der Waals surface area contributed by atoms with Crippen LogP contribution in [0.4, 0.5) is 5.69 Å². The fourth-order valence-electron chi connectivity index (χ4n) is 1.82. The summed E-state index contributed by atoms with van der Waals surface area (Å²) in [7, 11) is 0. The highest BCUT2D eigenvalue weighted by atomic mass is 16.4. The van der Waals surface area contributed by atoms with Gasteiger partial charge in [-0.1, -0.05) is 30.3 Å². The van der Waals surface area contributed by atoms with Crippen LogP contribution in [0.15, 0.2) is 48.7 Å². The summed E-state index contributed by atoms with van der Waals surface area (Å²) in [4.78, 5) is 27.1. The van der Waals surface area contributed by atoms with E-state index < -0.39 is 17.9 Å². The number of carboxylic acid groups (broad SMARTS) is 1. The Morgan fingerprint density at radius 2 is 1.90 bits per heavy atom. The van der Waals surface area contributed by atoms with Crippen molar-refractivity contribution in [3.63, 3.8) is 0 Å². The molecule has 0 saturated heterocycles. The third kappa shape index (κ3) is 4.04. The van der Waals surface area contributed by atoms with E-state index in [9.17, 15) is 14.7 Å². The number of nitrogens with zero attached hydrogens (tertiary/aromatic N) is 1. The molecule has 1 aromatic heterocycles. The molecule has 2 aromatic rings. The van der Waals surface area contributed by atoms with Gasteiger partial charge in [0.2, 0.25) is 0 Å². The van der Waals surface area contributed by atoms with Gasteiger partial charge in [0.15, 0.2) is 0 Å². The van der Waals surface area contributed by atoms with E-state index in [0.717, 1.165) is 5.56 Å². The molecule has 21 heavy (non-hydrogen) atoms. The molecule has 0 aliphatic carbocycles. The summed E-state index contributed by atoms with van der Waals surface area (Å²) in [5, 5.41) is 11.7. The zero-order valence-corrected chi connectivity index (χ0v) is 11.2. The molecule has 0 radical (unpaired) electrons. The number of aromatic nitrogens is 1. The summed E-state index contributed by atoms with van der Waals surface area (Å²) in [5.41, 5.74) is 6.88. The van der Waals surface area contributed by atoms with Crippen LogP contribution in [0, 0.1) is 0 Å². The predicted molar refractivity (Wildman–Crippen MR) is 77.7 cm³/mol. The number of nitrogens with one attached hydrogen (secondary N) is 1. The second-order valence-electron chi connectivity index (χ2n) is 4.53. The molecular weight excluding hydrogens is 270 g/mol. The van der Waals surface area contributed by atoms with Crippen LogP contribution in [0.3, 0.4) is 0 Å². The molecule has 1 aromatic carbocycles. The van der Waals surface area contributed by atoms with E-state index in [-0.39, 0.29) is 12.1 Å². The Hall–Kier alpha value is -2.89. The van der Waals surface area contributed by atoms with Crippen molar-refractivity contribution in [1.82, 2.24) is 10.3 Å². The number of hydrogen-bond acceptors (Lipinski definition) is 4. The summed E-state index contributed by atoms with van der Waals surface area (Å²) < 4.78 is 0. The highest BCUT2D eigenvalue weighted by Gasteiger charge is 2.21. The molecule has 1 amide bonds. The highest BCUT2D eigenvalue weighted by molar-refractivity contribution is 5.95. The van der Waals surface area contributed by atoms with Crippen molar-refractivity contribution in [3.8, 4) is 0 Å². The Labute approximate surface area is 121 Å². The number of hydrogen-bond donors (Lipinski definition) is 3. The second kappa shape index (κ2) is 6.51. The first-order chi connectivity index (χ1) is 10.1. The van der Waals surface area contributed by atoms with Crippen LogP contribution in [-0.4, -0.2) is 28.0 Å². The average Bonchev–Trinajstić information content (AvgIpc) is 2.48. The Balaban J connectivity index is 2.07. The first-order valence-corrected chi connectivity index (χ1v) is 6.35. The van der Waals surface area contributed by atoms with Gasteiger partial charge in [-0.3, -0.25) is 4.79 Å². The van der Waals surface area contributed by atoms with Crippen molar-refractivity contribution in [1.29, 1.82) is 0 Å². The molecule has 0 fully saturated rings. The fraction of sp³-hybridized carbons (Fsp3) is 0.133.